The van der Waals surface area contributed by atoms with Gasteiger partial charge in [-0.05, 0) is 48.1 Å². The minimum atomic E-state index is -4.83. The molecule has 32 heavy (non-hydrogen) atoms. The van der Waals surface area contributed by atoms with Gasteiger partial charge in [0.25, 0.3) is 0 Å². The molecular formula is C25H28F3NO3. The third kappa shape index (κ3) is 5.33. The molecule has 1 heterocycles. The Balaban J connectivity index is 1.87. The molecule has 0 saturated heterocycles. The van der Waals surface area contributed by atoms with E-state index in [0.29, 0.717) is 17.0 Å². The van der Waals surface area contributed by atoms with Crippen molar-refractivity contribution in [2.75, 3.05) is 24.6 Å². The zero-order valence-electron chi connectivity index (χ0n) is 18.4. The van der Waals surface area contributed by atoms with E-state index in [2.05, 4.69) is 0 Å². The molecule has 1 atom stereocenters. The molecule has 172 valence electrons. The second kappa shape index (κ2) is 8.98. The Kier molecular flexibility index (Phi) is 6.69. The molecule has 0 fully saturated rings. The Morgan fingerprint density at radius 2 is 1.84 bits per heavy atom. The van der Waals surface area contributed by atoms with Gasteiger partial charge in [0.1, 0.15) is 12.4 Å². The molecule has 7 heteroatoms. The first kappa shape index (κ1) is 23.9. The van der Waals surface area contributed by atoms with Crippen LogP contribution in [0.15, 0.2) is 54.6 Å². The summed E-state index contributed by atoms with van der Waals surface area (Å²) in [7, 11) is 0. The highest BCUT2D eigenvalue weighted by Crippen LogP contribution is 2.43. The normalized spacial score (nSPS) is 15.8. The molecule has 0 saturated carbocycles. The van der Waals surface area contributed by atoms with Crippen LogP contribution < -0.4 is 9.64 Å². The predicted molar refractivity (Wildman–Crippen MR) is 119 cm³/mol. The summed E-state index contributed by atoms with van der Waals surface area (Å²) < 4.78 is 48.1. The van der Waals surface area contributed by atoms with Crippen LogP contribution in [0.3, 0.4) is 0 Å². The van der Waals surface area contributed by atoms with E-state index in [9.17, 15) is 23.1 Å². The fourth-order valence-electron chi connectivity index (χ4n) is 4.06. The van der Waals surface area contributed by atoms with Crippen LogP contribution in [0.25, 0.3) is 6.08 Å². The lowest BCUT2D eigenvalue weighted by Gasteiger charge is -2.42. The Hall–Kier alpha value is -2.80. The summed E-state index contributed by atoms with van der Waals surface area (Å²) in [6.07, 6.45) is -1.71. The number of rotatable bonds is 8. The lowest BCUT2D eigenvalue weighted by molar-refractivity contribution is -0.262. The number of nitrogens with zero attached hydrogens (tertiary/aromatic N) is 1. The largest absolute Gasteiger partial charge is 0.486 e. The van der Waals surface area contributed by atoms with E-state index in [1.165, 1.54) is 6.92 Å². The quantitative estimate of drug-likeness (QED) is 0.608. The smallest absolute Gasteiger partial charge is 0.418 e. The monoisotopic (exact) mass is 447 g/mol. The molecule has 1 unspecified atom stereocenters. The molecule has 0 amide bonds. The van der Waals surface area contributed by atoms with Gasteiger partial charge in [0.2, 0.25) is 0 Å². The SMILES string of the molecule is CC(=O)COc1cccc(C(C)(C)CC(O)(CN2CC=Cc3ccccc32)C(F)(F)F)c1. The van der Waals surface area contributed by atoms with Crippen LogP contribution in [0.2, 0.25) is 0 Å². The minimum absolute atomic E-state index is 0.113. The third-order valence-corrected chi connectivity index (χ3v) is 5.67. The van der Waals surface area contributed by atoms with Crippen LogP contribution >= 0.6 is 0 Å². The fraction of sp³-hybridized carbons (Fsp3) is 0.400. The lowest BCUT2D eigenvalue weighted by Crippen LogP contribution is -2.56. The van der Waals surface area contributed by atoms with E-state index in [4.69, 9.17) is 4.74 Å². The summed E-state index contributed by atoms with van der Waals surface area (Å²) in [5.74, 6) is 0.244. The highest BCUT2D eigenvalue weighted by molar-refractivity contribution is 5.77. The molecular weight excluding hydrogens is 419 g/mol. The van der Waals surface area contributed by atoms with E-state index in [1.54, 1.807) is 61.2 Å². The number of alkyl halides is 3. The van der Waals surface area contributed by atoms with Crippen molar-refractivity contribution in [1.29, 1.82) is 0 Å². The van der Waals surface area contributed by atoms with Gasteiger partial charge in [-0.15, -0.1) is 0 Å². The molecule has 0 aliphatic carbocycles. The molecule has 0 spiro atoms. The minimum Gasteiger partial charge on any atom is -0.486 e. The van der Waals surface area contributed by atoms with E-state index >= 15 is 0 Å². The number of fused-ring (bicyclic) bond motifs is 1. The highest BCUT2D eigenvalue weighted by atomic mass is 19.4. The number of halogens is 3. The number of Topliss-reactive ketones (excluding diaryl/α,β-unsaturated/α-hetero) is 1. The van der Waals surface area contributed by atoms with E-state index in [1.807, 2.05) is 18.2 Å². The average Bonchev–Trinajstić information content (AvgIpc) is 2.71. The summed E-state index contributed by atoms with van der Waals surface area (Å²) in [4.78, 5) is 12.7. The molecule has 0 aromatic heterocycles. The number of anilines is 1. The lowest BCUT2D eigenvalue weighted by atomic mass is 9.74. The van der Waals surface area contributed by atoms with Gasteiger partial charge in [-0.3, -0.25) is 4.79 Å². The van der Waals surface area contributed by atoms with Crippen molar-refractivity contribution in [3.05, 3.63) is 65.7 Å². The molecule has 1 N–H and O–H groups in total. The molecule has 1 aliphatic heterocycles. The maximum absolute atomic E-state index is 14.2. The van der Waals surface area contributed by atoms with Gasteiger partial charge >= 0.3 is 6.18 Å². The Morgan fingerprint density at radius 3 is 2.53 bits per heavy atom. The van der Waals surface area contributed by atoms with Crippen LogP contribution in [0, 0.1) is 0 Å². The zero-order valence-corrected chi connectivity index (χ0v) is 18.4. The number of benzene rings is 2. The number of hydrogen-bond donors (Lipinski definition) is 1. The van der Waals surface area contributed by atoms with Crippen molar-refractivity contribution < 1.29 is 27.8 Å². The summed E-state index contributed by atoms with van der Waals surface area (Å²) >= 11 is 0. The average molecular weight is 447 g/mol. The molecule has 4 nitrogen and oxygen atoms in total. The van der Waals surface area contributed by atoms with Gasteiger partial charge < -0.3 is 14.7 Å². The third-order valence-electron chi connectivity index (χ3n) is 5.67. The summed E-state index contributed by atoms with van der Waals surface area (Å²) in [6.45, 7) is 4.31. The number of carbonyl (C=O) groups is 1. The predicted octanol–water partition coefficient (Wildman–Crippen LogP) is 5.15. The van der Waals surface area contributed by atoms with Crippen molar-refractivity contribution in [3.8, 4) is 5.75 Å². The fourth-order valence-corrected chi connectivity index (χ4v) is 4.06. The summed E-state index contributed by atoms with van der Waals surface area (Å²) in [6, 6.07) is 13.8. The van der Waals surface area contributed by atoms with Gasteiger partial charge in [-0.2, -0.15) is 13.2 Å². The Morgan fingerprint density at radius 1 is 1.12 bits per heavy atom. The van der Waals surface area contributed by atoms with Gasteiger partial charge in [-0.25, -0.2) is 0 Å². The van der Waals surface area contributed by atoms with Crippen LogP contribution in [-0.2, 0) is 10.2 Å². The molecule has 0 radical (unpaired) electrons. The van der Waals surface area contributed by atoms with Gasteiger partial charge in [0, 0.05) is 12.2 Å². The van der Waals surface area contributed by atoms with Crippen LogP contribution in [0.5, 0.6) is 5.75 Å². The first-order chi connectivity index (χ1) is 14.9. The second-order valence-corrected chi connectivity index (χ2v) is 8.95. The van der Waals surface area contributed by atoms with Crippen LogP contribution in [-0.4, -0.2) is 42.4 Å². The van der Waals surface area contributed by atoms with Crippen LogP contribution in [0.1, 0.15) is 38.3 Å². The number of ketones is 1. The summed E-state index contributed by atoms with van der Waals surface area (Å²) in [5, 5.41) is 11.0. The number of carbonyl (C=O) groups excluding carboxylic acids is 1. The van der Waals surface area contributed by atoms with E-state index in [0.717, 1.165) is 5.56 Å². The van der Waals surface area contributed by atoms with Crippen LogP contribution in [0.4, 0.5) is 18.9 Å². The highest BCUT2D eigenvalue weighted by Gasteiger charge is 2.56. The van der Waals surface area contributed by atoms with Gasteiger partial charge in [0.15, 0.2) is 11.4 Å². The van der Waals surface area contributed by atoms with Crippen molar-refractivity contribution in [2.24, 2.45) is 0 Å². The van der Waals surface area contributed by atoms with E-state index < -0.39 is 30.2 Å². The van der Waals surface area contributed by atoms with Crippen molar-refractivity contribution in [1.82, 2.24) is 0 Å². The molecule has 0 bridgehead atoms. The topological polar surface area (TPSA) is 49.8 Å². The van der Waals surface area contributed by atoms with Gasteiger partial charge in [0.05, 0.1) is 6.54 Å². The number of aliphatic hydroxyl groups is 1. The first-order valence-corrected chi connectivity index (χ1v) is 10.4. The van der Waals surface area contributed by atoms with Crippen molar-refractivity contribution in [2.45, 2.75) is 44.4 Å². The number of para-hydroxylation sites is 1. The van der Waals surface area contributed by atoms with Gasteiger partial charge in [-0.1, -0.05) is 56.3 Å². The molecule has 2 aromatic rings. The number of hydrogen-bond acceptors (Lipinski definition) is 4. The molecule has 2 aromatic carbocycles. The zero-order chi connectivity index (χ0) is 23.6. The summed E-state index contributed by atoms with van der Waals surface area (Å²) in [5.41, 5.74) is -1.90. The standard InChI is InChI=1S/C25H28F3NO3/c1-18(30)15-32-21-11-6-10-20(14-21)23(2,3)16-24(31,25(26,27)28)17-29-13-7-9-19-8-4-5-12-22(19)29/h4-12,14,31H,13,15-17H2,1-3H3. The molecule has 1 aliphatic rings. The first-order valence-electron chi connectivity index (χ1n) is 10.4. The maximum atomic E-state index is 14.2. The second-order valence-electron chi connectivity index (χ2n) is 8.95. The molecule has 3 rings (SSSR count). The number of ether oxygens (including phenoxy) is 1. The van der Waals surface area contributed by atoms with Crippen molar-refractivity contribution >= 4 is 17.5 Å². The Labute approximate surface area is 186 Å². The number of β-amino-alcohol motifs (C(OH)–C–C–N with tert-alkyl or cyclic N) is 1. The van der Waals surface area contributed by atoms with E-state index in [-0.39, 0.29) is 18.9 Å². The maximum Gasteiger partial charge on any atom is 0.418 e. The van der Waals surface area contributed by atoms with Crippen molar-refractivity contribution in [3.63, 3.8) is 0 Å². The Bertz CT molecular complexity index is 1000.